The van der Waals surface area contributed by atoms with E-state index in [0.29, 0.717) is 38.6 Å². The lowest BCUT2D eigenvalue weighted by atomic mass is 9.96. The quantitative estimate of drug-likeness (QED) is 0.285. The molecule has 0 radical (unpaired) electrons. The number of likely N-dealkylation sites (N-methyl/N-ethyl adjacent to an activating group) is 1. The third kappa shape index (κ3) is 8.42. The van der Waals surface area contributed by atoms with Crippen molar-refractivity contribution in [3.05, 3.63) is 0 Å². The Kier molecular flexibility index (Phi) is 13.3. The van der Waals surface area contributed by atoms with Gasteiger partial charge in [0, 0.05) is 39.0 Å². The van der Waals surface area contributed by atoms with Crippen LogP contribution in [0, 0.1) is 23.7 Å². The molecule has 50 heavy (non-hydrogen) atoms. The van der Waals surface area contributed by atoms with Crippen LogP contribution in [0.15, 0.2) is 0 Å². The number of fused-ring (bicyclic) bond motifs is 3. The molecule has 4 N–H and O–H groups in total. The fraction of sp³-hybridized carbons (Fsp3) is 0.829. The molecular formula is C35H59N7O8. The van der Waals surface area contributed by atoms with Gasteiger partial charge in [0.05, 0.1) is 6.10 Å². The molecule has 282 valence electrons. The Morgan fingerprint density at radius 2 is 1.50 bits per heavy atom. The van der Waals surface area contributed by atoms with E-state index in [0.717, 1.165) is 0 Å². The van der Waals surface area contributed by atoms with Gasteiger partial charge < -0.3 is 25.0 Å². The number of carbonyl (C=O) groups excluding carboxylic acids is 6. The SMILES string of the molecule is CC[C@@H](C)[C@H]1NC(=O)[C@@H]2C[C@@H](C)CN2C(=O)[C@@H](CC(C)C)N(C)C(=O)[C@@H]2C[C@H](O)CNN2C(=O)[C@H]2CCCNN2C(=O)[C@H]([C@@H](C)CC)OC1=O. The van der Waals surface area contributed by atoms with Crippen LogP contribution in [0.25, 0.3) is 0 Å². The number of carbonyl (C=O) groups is 6. The minimum atomic E-state index is -1.27. The normalized spacial score (nSPS) is 33.6. The molecule has 0 spiro atoms. The largest absolute Gasteiger partial charge is 0.450 e. The molecule has 4 heterocycles. The predicted molar refractivity (Wildman–Crippen MR) is 183 cm³/mol. The zero-order valence-corrected chi connectivity index (χ0v) is 31.0. The summed E-state index contributed by atoms with van der Waals surface area (Å²) in [6, 6.07) is -5.17. The first-order valence-corrected chi connectivity index (χ1v) is 18.5. The van der Waals surface area contributed by atoms with Crippen molar-refractivity contribution in [1.82, 2.24) is 36.0 Å². The third-order valence-electron chi connectivity index (χ3n) is 10.9. The number of β-amino-alcohol motifs (C(OH)–C–C–N with tert-alkyl or cyclic N) is 1. The van der Waals surface area contributed by atoms with Crippen molar-refractivity contribution in [2.24, 2.45) is 23.7 Å². The van der Waals surface area contributed by atoms with Crippen molar-refractivity contribution in [1.29, 1.82) is 0 Å². The van der Waals surface area contributed by atoms with Gasteiger partial charge in [-0.25, -0.2) is 15.6 Å². The van der Waals surface area contributed by atoms with Crippen molar-refractivity contribution in [3.63, 3.8) is 0 Å². The number of hydrogen-bond acceptors (Lipinski definition) is 10. The van der Waals surface area contributed by atoms with Crippen LogP contribution in [0.4, 0.5) is 0 Å². The average molecular weight is 706 g/mol. The van der Waals surface area contributed by atoms with Crippen molar-refractivity contribution < 1.29 is 38.6 Å². The predicted octanol–water partition coefficient (Wildman–Crippen LogP) is 0.561. The first-order chi connectivity index (χ1) is 23.6. The number of hydrazine groups is 2. The Balaban J connectivity index is 1.85. The molecule has 10 atom stereocenters. The average Bonchev–Trinajstić information content (AvgIpc) is 3.50. The van der Waals surface area contributed by atoms with E-state index in [1.54, 1.807) is 6.92 Å². The fourth-order valence-electron chi connectivity index (χ4n) is 7.43. The van der Waals surface area contributed by atoms with Gasteiger partial charge in [-0.1, -0.05) is 54.9 Å². The first kappa shape index (κ1) is 39.5. The van der Waals surface area contributed by atoms with Crippen molar-refractivity contribution >= 4 is 35.5 Å². The standard InChI is InChI=1S/C35H59N7O8/c1-9-21(6)28-35(49)50-29(22(7)10-2)34(48)41-24(12-11-13-36-41)33(47)42-27(16-23(43)17-37-42)31(45)39(8)26(14-19(3)4)32(46)40-18-20(5)15-25(40)30(44)38-28/h19-29,36-37,43H,9-18H2,1-8H3,(H,38,44)/t20-,21-,22+,23+,24-,25+,26-,27+,28-,29+/m1/s1. The van der Waals surface area contributed by atoms with Gasteiger partial charge in [-0.3, -0.25) is 34.0 Å². The molecule has 4 saturated heterocycles. The number of esters is 1. The number of nitrogens with one attached hydrogen (secondary N) is 3. The highest BCUT2D eigenvalue weighted by atomic mass is 16.6. The van der Waals surface area contributed by atoms with E-state index in [-0.39, 0.29) is 43.7 Å². The molecule has 0 aliphatic carbocycles. The molecule has 0 saturated carbocycles. The van der Waals surface area contributed by atoms with Crippen molar-refractivity contribution in [3.8, 4) is 0 Å². The molecule has 0 aromatic rings. The summed E-state index contributed by atoms with van der Waals surface area (Å²) in [5.41, 5.74) is 5.96. The fourth-order valence-corrected chi connectivity index (χ4v) is 7.43. The number of amides is 5. The highest BCUT2D eigenvalue weighted by molar-refractivity contribution is 5.97. The summed E-state index contributed by atoms with van der Waals surface area (Å²) in [4.78, 5) is 88.5. The van der Waals surface area contributed by atoms with E-state index >= 15 is 0 Å². The highest BCUT2D eigenvalue weighted by Gasteiger charge is 2.49. The van der Waals surface area contributed by atoms with Gasteiger partial charge in [-0.2, -0.15) is 0 Å². The summed E-state index contributed by atoms with van der Waals surface area (Å²) in [5, 5.41) is 16.0. The number of cyclic esters (lactones) is 1. The minimum absolute atomic E-state index is 0.00642. The van der Waals surface area contributed by atoms with Crippen LogP contribution in [0.1, 0.15) is 93.4 Å². The minimum Gasteiger partial charge on any atom is -0.450 e. The summed E-state index contributed by atoms with van der Waals surface area (Å²) in [5.74, 6) is -4.16. The molecule has 15 nitrogen and oxygen atoms in total. The van der Waals surface area contributed by atoms with Crippen molar-refractivity contribution in [2.75, 3.05) is 26.7 Å². The molecule has 15 heteroatoms. The molecule has 4 rings (SSSR count). The molecule has 0 aromatic heterocycles. The maximum absolute atomic E-state index is 14.5. The number of nitrogens with zero attached hydrogens (tertiary/aromatic N) is 4. The monoisotopic (exact) mass is 705 g/mol. The smallest absolute Gasteiger partial charge is 0.329 e. The van der Waals surface area contributed by atoms with E-state index in [2.05, 4.69) is 16.2 Å². The van der Waals surface area contributed by atoms with Gasteiger partial charge in [0.25, 0.3) is 11.8 Å². The van der Waals surface area contributed by atoms with Crippen LogP contribution in [0.2, 0.25) is 0 Å². The van der Waals surface area contributed by atoms with E-state index in [1.165, 1.54) is 26.9 Å². The Labute approximate surface area is 296 Å². The van der Waals surface area contributed by atoms with Crippen LogP contribution in [-0.2, 0) is 33.5 Å². The molecule has 4 fully saturated rings. The maximum atomic E-state index is 14.5. The van der Waals surface area contributed by atoms with E-state index in [9.17, 15) is 33.9 Å². The zero-order valence-electron chi connectivity index (χ0n) is 31.0. The summed E-state index contributed by atoms with van der Waals surface area (Å²) >= 11 is 0. The Bertz CT molecular complexity index is 1280. The Hall–Kier alpha value is -3.30. The molecule has 5 amide bonds. The molecule has 0 bridgehead atoms. The zero-order chi connectivity index (χ0) is 37.0. The topological polar surface area (TPSA) is 181 Å². The van der Waals surface area contributed by atoms with Gasteiger partial charge >= 0.3 is 5.97 Å². The van der Waals surface area contributed by atoms with Gasteiger partial charge in [-0.15, -0.1) is 0 Å². The van der Waals surface area contributed by atoms with E-state index < -0.39 is 83.8 Å². The Morgan fingerprint density at radius 3 is 2.14 bits per heavy atom. The molecular weight excluding hydrogens is 646 g/mol. The number of rotatable bonds is 6. The van der Waals surface area contributed by atoms with Gasteiger partial charge in [-0.05, 0) is 49.9 Å². The molecule has 0 unspecified atom stereocenters. The van der Waals surface area contributed by atoms with Crippen LogP contribution in [0.5, 0.6) is 0 Å². The molecule has 0 aromatic carbocycles. The summed E-state index contributed by atoms with van der Waals surface area (Å²) in [7, 11) is 1.52. The van der Waals surface area contributed by atoms with Gasteiger partial charge in [0.1, 0.15) is 30.2 Å². The van der Waals surface area contributed by atoms with E-state index in [4.69, 9.17) is 4.74 Å². The van der Waals surface area contributed by atoms with Crippen LogP contribution < -0.4 is 16.2 Å². The summed E-state index contributed by atoms with van der Waals surface area (Å²) in [6.07, 6.45) is 0.230. The van der Waals surface area contributed by atoms with Crippen LogP contribution in [0.3, 0.4) is 0 Å². The maximum Gasteiger partial charge on any atom is 0.329 e. The summed E-state index contributed by atoms with van der Waals surface area (Å²) < 4.78 is 6.00. The second-order valence-electron chi connectivity index (χ2n) is 15.3. The second kappa shape index (κ2) is 16.8. The number of aliphatic hydroxyl groups excluding tert-OH is 1. The van der Waals surface area contributed by atoms with Crippen LogP contribution >= 0.6 is 0 Å². The highest BCUT2D eigenvalue weighted by Crippen LogP contribution is 2.29. The number of ether oxygens (including phenoxy) is 1. The number of aliphatic hydroxyl groups is 1. The second-order valence-corrected chi connectivity index (χ2v) is 15.3. The molecule has 4 aliphatic heterocycles. The third-order valence-corrected chi connectivity index (χ3v) is 10.9. The van der Waals surface area contributed by atoms with Crippen molar-refractivity contribution in [2.45, 2.75) is 136 Å². The molecule has 4 aliphatic rings. The van der Waals surface area contributed by atoms with E-state index in [1.807, 2.05) is 41.5 Å². The summed E-state index contributed by atoms with van der Waals surface area (Å²) in [6.45, 7) is 13.9. The first-order valence-electron chi connectivity index (χ1n) is 18.5. The van der Waals surface area contributed by atoms with Gasteiger partial charge in [0.15, 0.2) is 6.10 Å². The lowest BCUT2D eigenvalue weighted by molar-refractivity contribution is -0.175. The number of hydrogen-bond donors (Lipinski definition) is 4. The lowest BCUT2D eigenvalue weighted by Gasteiger charge is -2.45. The lowest BCUT2D eigenvalue weighted by Crippen LogP contribution is -2.69. The van der Waals surface area contributed by atoms with Crippen LogP contribution in [-0.4, -0.2) is 130 Å². The Morgan fingerprint density at radius 1 is 0.840 bits per heavy atom. The van der Waals surface area contributed by atoms with Gasteiger partial charge in [0.2, 0.25) is 17.7 Å².